The molecule has 2 rings (SSSR count). The first-order chi connectivity index (χ1) is 8.24. The molecule has 0 aromatic rings. The second-order valence-corrected chi connectivity index (χ2v) is 11.2. The van der Waals surface area contributed by atoms with Crippen LogP contribution in [0.2, 0.25) is 6.86 Å². The van der Waals surface area contributed by atoms with E-state index in [1.165, 1.54) is 25.7 Å². The van der Waals surface area contributed by atoms with Gasteiger partial charge in [-0.2, -0.15) is 0 Å². The predicted octanol–water partition coefficient (Wildman–Crippen LogP) is 4.86. The fraction of sp³-hybridized carbons (Fsp3) is 0.500. The Kier molecular flexibility index (Phi) is 4.35. The Morgan fingerprint density at radius 2 is 1.06 bits per heavy atom. The predicted molar refractivity (Wildman–Crippen MR) is 77.5 cm³/mol. The van der Waals surface area contributed by atoms with Gasteiger partial charge in [0.2, 0.25) is 0 Å². The van der Waals surface area contributed by atoms with Crippen LogP contribution in [-0.2, 0) is 0 Å². The molecule has 17 heavy (non-hydrogen) atoms. The molecule has 0 saturated heterocycles. The third-order valence-electron chi connectivity index (χ3n) is 3.59. The maximum atomic E-state index is 2.49. The van der Waals surface area contributed by atoms with Gasteiger partial charge in [-0.05, 0) is 0 Å². The zero-order valence-electron chi connectivity index (χ0n) is 10.9. The normalized spacial score (nSPS) is 22.7. The monoisotopic (exact) mass is 334 g/mol. The van der Waals surface area contributed by atoms with Crippen molar-refractivity contribution in [3.8, 4) is 0 Å². The van der Waals surface area contributed by atoms with Crippen LogP contribution in [0.1, 0.15) is 39.5 Å². The third kappa shape index (κ3) is 2.96. The van der Waals surface area contributed by atoms with Crippen LogP contribution in [0.5, 0.6) is 0 Å². The molecule has 90 valence electrons. The molecule has 1 heteroatoms. The molecule has 0 aromatic carbocycles. The zero-order chi connectivity index (χ0) is 12.2. The minimum atomic E-state index is -0.545. The van der Waals surface area contributed by atoms with E-state index in [4.69, 9.17) is 0 Å². The Bertz CT molecular complexity index is 311. The van der Waals surface area contributed by atoms with Crippen LogP contribution >= 0.6 is 0 Å². The maximum absolute atomic E-state index is 2.49. The van der Waals surface area contributed by atoms with Crippen LogP contribution < -0.4 is 0 Å². The molecule has 2 aliphatic rings. The standard InChI is InChI=1S/2C8H11.Sn/c2*1-2-5-8-6-3-4-7-8;/h2*3-4,6-7H,2,5H2,1H3;. The van der Waals surface area contributed by atoms with Gasteiger partial charge in [0.1, 0.15) is 0 Å². The fourth-order valence-corrected chi connectivity index (χ4v) is 9.57. The molecule has 0 N–H and O–H groups in total. The van der Waals surface area contributed by atoms with Gasteiger partial charge in [0.25, 0.3) is 0 Å². The van der Waals surface area contributed by atoms with E-state index in [0.29, 0.717) is 6.86 Å². The number of hydrogen-bond donors (Lipinski definition) is 0. The molecule has 2 aliphatic carbocycles. The zero-order valence-corrected chi connectivity index (χ0v) is 13.8. The van der Waals surface area contributed by atoms with Crippen molar-refractivity contribution in [3.63, 3.8) is 0 Å². The molecular formula is C16H22Sn. The molecule has 0 heterocycles. The van der Waals surface area contributed by atoms with Crippen molar-refractivity contribution in [3.05, 3.63) is 48.6 Å². The number of rotatable bonds is 6. The van der Waals surface area contributed by atoms with Crippen LogP contribution in [0, 0.1) is 0 Å². The summed E-state index contributed by atoms with van der Waals surface area (Å²) in [4.78, 5) is 0. The van der Waals surface area contributed by atoms with Crippen LogP contribution in [0.25, 0.3) is 0 Å². The second-order valence-electron chi connectivity index (χ2n) is 5.14. The summed E-state index contributed by atoms with van der Waals surface area (Å²) in [5.41, 5.74) is 0. The summed E-state index contributed by atoms with van der Waals surface area (Å²) in [7, 11) is 0. The van der Waals surface area contributed by atoms with E-state index in [9.17, 15) is 0 Å². The van der Waals surface area contributed by atoms with E-state index < -0.39 is 21.1 Å². The van der Waals surface area contributed by atoms with Crippen molar-refractivity contribution in [2.45, 2.75) is 46.4 Å². The van der Waals surface area contributed by atoms with E-state index in [0.717, 1.165) is 0 Å². The van der Waals surface area contributed by atoms with Crippen LogP contribution in [0.15, 0.2) is 48.6 Å². The molecule has 0 unspecified atom stereocenters. The summed E-state index contributed by atoms with van der Waals surface area (Å²) in [6.45, 7) is 4.63. The van der Waals surface area contributed by atoms with Crippen molar-refractivity contribution in [2.75, 3.05) is 0 Å². The van der Waals surface area contributed by atoms with E-state index in [1.807, 2.05) is 0 Å². The van der Waals surface area contributed by atoms with Crippen molar-refractivity contribution in [1.82, 2.24) is 0 Å². The van der Waals surface area contributed by atoms with Gasteiger partial charge in [0.05, 0.1) is 0 Å². The molecule has 0 fully saturated rings. The van der Waals surface area contributed by atoms with Crippen LogP contribution in [0.4, 0.5) is 0 Å². The first kappa shape index (κ1) is 13.2. The van der Waals surface area contributed by atoms with Gasteiger partial charge in [-0.25, -0.2) is 0 Å². The van der Waals surface area contributed by atoms with Crippen molar-refractivity contribution >= 4 is 21.1 Å². The molecule has 0 saturated carbocycles. The molecular weight excluding hydrogens is 311 g/mol. The summed E-state index contributed by atoms with van der Waals surface area (Å²) in [6.07, 6.45) is 24.3. The molecule has 0 spiro atoms. The second kappa shape index (κ2) is 5.60. The average molecular weight is 333 g/mol. The first-order valence-electron chi connectivity index (χ1n) is 6.78. The van der Waals surface area contributed by atoms with Gasteiger partial charge in [0.15, 0.2) is 0 Å². The Hall–Kier alpha value is -0.241. The van der Waals surface area contributed by atoms with Gasteiger partial charge in [0, 0.05) is 0 Å². The Morgan fingerprint density at radius 3 is 1.35 bits per heavy atom. The topological polar surface area (TPSA) is 0 Å². The molecule has 0 nitrogen and oxygen atoms in total. The summed E-state index contributed by atoms with van der Waals surface area (Å²) in [6, 6.07) is 0. The number of hydrogen-bond acceptors (Lipinski definition) is 0. The van der Waals surface area contributed by atoms with Crippen LogP contribution in [-0.4, -0.2) is 21.1 Å². The SMILES string of the molecule is CCC[C]1([Sn][C]2(CCC)C=CC=C2)C=CC=C1. The summed E-state index contributed by atoms with van der Waals surface area (Å²) >= 11 is -0.545. The van der Waals surface area contributed by atoms with Gasteiger partial charge in [-0.15, -0.1) is 0 Å². The minimum absolute atomic E-state index is 0.478. The van der Waals surface area contributed by atoms with Crippen molar-refractivity contribution in [1.29, 1.82) is 0 Å². The van der Waals surface area contributed by atoms with Crippen LogP contribution in [0.3, 0.4) is 0 Å². The van der Waals surface area contributed by atoms with Gasteiger partial charge >= 0.3 is 116 Å². The van der Waals surface area contributed by atoms with Gasteiger partial charge < -0.3 is 0 Å². The van der Waals surface area contributed by atoms with E-state index in [-0.39, 0.29) is 0 Å². The molecule has 0 atom stereocenters. The summed E-state index contributed by atoms with van der Waals surface area (Å²) in [5, 5.41) is 0. The quantitative estimate of drug-likeness (QED) is 0.609. The van der Waals surface area contributed by atoms with Crippen molar-refractivity contribution < 1.29 is 0 Å². The third-order valence-corrected chi connectivity index (χ3v) is 9.58. The van der Waals surface area contributed by atoms with Gasteiger partial charge in [-0.3, -0.25) is 0 Å². The average Bonchev–Trinajstić information content (AvgIpc) is 2.91. The molecule has 2 radical (unpaired) electrons. The van der Waals surface area contributed by atoms with E-state index >= 15 is 0 Å². The molecule has 0 aromatic heterocycles. The van der Waals surface area contributed by atoms with Crippen molar-refractivity contribution in [2.24, 2.45) is 0 Å². The Morgan fingerprint density at radius 1 is 0.706 bits per heavy atom. The fourth-order valence-electron chi connectivity index (χ4n) is 2.91. The molecule has 0 amide bonds. The van der Waals surface area contributed by atoms with E-state index in [1.54, 1.807) is 0 Å². The summed E-state index contributed by atoms with van der Waals surface area (Å²) < 4.78 is 0.957. The van der Waals surface area contributed by atoms with Gasteiger partial charge in [-0.1, -0.05) is 0 Å². The molecule has 0 aliphatic heterocycles. The Labute approximate surface area is 116 Å². The van der Waals surface area contributed by atoms with E-state index in [2.05, 4.69) is 62.5 Å². The number of allylic oxidation sites excluding steroid dienone is 8. The Balaban J connectivity index is 2.17. The molecule has 0 bridgehead atoms. The first-order valence-corrected chi connectivity index (χ1v) is 9.63. The summed E-state index contributed by atoms with van der Waals surface area (Å²) in [5.74, 6) is 0.